The first-order valence-corrected chi connectivity index (χ1v) is 8.55. The van der Waals surface area contributed by atoms with Crippen LogP contribution in [-0.2, 0) is 6.42 Å². The van der Waals surface area contributed by atoms with Crippen LogP contribution in [0.2, 0.25) is 0 Å². The van der Waals surface area contributed by atoms with Gasteiger partial charge in [0, 0.05) is 25.7 Å². The smallest absolute Gasteiger partial charge is 0.0704 e. The number of hydrogen-bond acceptors (Lipinski definition) is 2. The van der Waals surface area contributed by atoms with E-state index in [1.807, 2.05) is 30.5 Å². The van der Waals surface area contributed by atoms with E-state index in [1.54, 1.807) is 0 Å². The van der Waals surface area contributed by atoms with Gasteiger partial charge in [-0.1, -0.05) is 34.1 Å². The Bertz CT molecular complexity index is 783. The molecule has 3 aromatic rings. The quantitative estimate of drug-likeness (QED) is 0.577. The number of hydrogen-bond donors (Lipinski definition) is 1. The molecule has 0 saturated carbocycles. The standard InChI is InChI=1S/C17H14BrIN2/c18-12-5-6-15(19)14(10-12)16(20)9-11-7-8-21-17-4-2-1-3-13(11)17/h1-8,10,16H,9,20H2. The summed E-state index contributed by atoms with van der Waals surface area (Å²) in [5, 5.41) is 1.18. The maximum Gasteiger partial charge on any atom is 0.0704 e. The number of aromatic nitrogens is 1. The Morgan fingerprint density at radius 2 is 1.95 bits per heavy atom. The van der Waals surface area contributed by atoms with Crippen molar-refractivity contribution >= 4 is 49.4 Å². The number of rotatable bonds is 3. The van der Waals surface area contributed by atoms with Gasteiger partial charge in [-0.3, -0.25) is 4.98 Å². The maximum atomic E-state index is 6.44. The molecule has 0 amide bonds. The van der Waals surface area contributed by atoms with E-state index in [-0.39, 0.29) is 6.04 Å². The Morgan fingerprint density at radius 1 is 1.14 bits per heavy atom. The first-order valence-electron chi connectivity index (χ1n) is 6.68. The second-order valence-corrected chi connectivity index (χ2v) is 7.04. The Kier molecular flexibility index (Phi) is 4.57. The summed E-state index contributed by atoms with van der Waals surface area (Å²) in [7, 11) is 0. The lowest BCUT2D eigenvalue weighted by atomic mass is 9.97. The van der Waals surface area contributed by atoms with Crippen LogP contribution in [-0.4, -0.2) is 4.98 Å². The van der Waals surface area contributed by atoms with Gasteiger partial charge in [-0.25, -0.2) is 0 Å². The minimum atomic E-state index is -0.0276. The van der Waals surface area contributed by atoms with Crippen molar-refractivity contribution < 1.29 is 0 Å². The molecule has 1 heterocycles. The molecule has 1 atom stereocenters. The van der Waals surface area contributed by atoms with Crippen LogP contribution in [0.1, 0.15) is 17.2 Å². The average Bonchev–Trinajstić information content (AvgIpc) is 2.50. The highest BCUT2D eigenvalue weighted by atomic mass is 127. The maximum absolute atomic E-state index is 6.44. The highest BCUT2D eigenvalue weighted by Gasteiger charge is 2.13. The zero-order valence-electron chi connectivity index (χ0n) is 11.3. The van der Waals surface area contributed by atoms with Gasteiger partial charge in [-0.2, -0.15) is 0 Å². The molecule has 0 bridgehead atoms. The second-order valence-electron chi connectivity index (χ2n) is 4.96. The lowest BCUT2D eigenvalue weighted by Gasteiger charge is -2.15. The van der Waals surface area contributed by atoms with Crippen molar-refractivity contribution in [2.45, 2.75) is 12.5 Å². The van der Waals surface area contributed by atoms with E-state index in [1.165, 1.54) is 20.1 Å². The summed E-state index contributed by atoms with van der Waals surface area (Å²) >= 11 is 5.86. The molecule has 1 unspecified atom stereocenters. The first kappa shape index (κ1) is 14.9. The zero-order chi connectivity index (χ0) is 14.8. The van der Waals surface area contributed by atoms with E-state index in [4.69, 9.17) is 5.73 Å². The summed E-state index contributed by atoms with van der Waals surface area (Å²) in [4.78, 5) is 4.40. The first-order chi connectivity index (χ1) is 10.1. The van der Waals surface area contributed by atoms with Crippen molar-refractivity contribution in [2.75, 3.05) is 0 Å². The molecule has 21 heavy (non-hydrogen) atoms. The zero-order valence-corrected chi connectivity index (χ0v) is 15.0. The highest BCUT2D eigenvalue weighted by Crippen LogP contribution is 2.27. The average molecular weight is 453 g/mol. The van der Waals surface area contributed by atoms with Crippen LogP contribution in [0.3, 0.4) is 0 Å². The van der Waals surface area contributed by atoms with E-state index in [0.29, 0.717) is 0 Å². The minimum absolute atomic E-state index is 0.0276. The minimum Gasteiger partial charge on any atom is -0.324 e. The summed E-state index contributed by atoms with van der Waals surface area (Å²) < 4.78 is 2.26. The largest absolute Gasteiger partial charge is 0.324 e. The lowest BCUT2D eigenvalue weighted by molar-refractivity contribution is 0.720. The van der Waals surface area contributed by atoms with E-state index in [2.05, 4.69) is 67.8 Å². The van der Waals surface area contributed by atoms with Crippen molar-refractivity contribution in [1.82, 2.24) is 4.98 Å². The fourth-order valence-corrected chi connectivity index (χ4v) is 3.59. The number of halogens is 2. The summed E-state index contributed by atoms with van der Waals surface area (Å²) in [5.74, 6) is 0. The monoisotopic (exact) mass is 452 g/mol. The van der Waals surface area contributed by atoms with E-state index in [0.717, 1.165) is 16.4 Å². The number of para-hydroxylation sites is 1. The number of nitrogens with zero attached hydrogens (tertiary/aromatic N) is 1. The molecular formula is C17H14BrIN2. The second kappa shape index (κ2) is 6.42. The molecule has 4 heteroatoms. The van der Waals surface area contributed by atoms with Crippen molar-refractivity contribution in [3.8, 4) is 0 Å². The third kappa shape index (κ3) is 3.27. The van der Waals surface area contributed by atoms with Crippen LogP contribution in [0, 0.1) is 3.57 Å². The van der Waals surface area contributed by atoms with Gasteiger partial charge in [-0.15, -0.1) is 0 Å². The summed E-state index contributed by atoms with van der Waals surface area (Å²) in [6.45, 7) is 0. The number of pyridine rings is 1. The number of nitrogens with two attached hydrogens (primary N) is 1. The van der Waals surface area contributed by atoms with Gasteiger partial charge in [0.25, 0.3) is 0 Å². The summed E-state index contributed by atoms with van der Waals surface area (Å²) in [6, 6.07) is 16.5. The Hall–Kier alpha value is -0.980. The molecule has 2 N–H and O–H groups in total. The summed E-state index contributed by atoms with van der Waals surface area (Å²) in [6.07, 6.45) is 2.66. The number of fused-ring (bicyclic) bond motifs is 1. The van der Waals surface area contributed by atoms with E-state index >= 15 is 0 Å². The van der Waals surface area contributed by atoms with Crippen molar-refractivity contribution in [2.24, 2.45) is 5.73 Å². The molecule has 0 aliphatic rings. The topological polar surface area (TPSA) is 38.9 Å². The molecule has 2 aromatic carbocycles. The SMILES string of the molecule is NC(Cc1ccnc2ccccc12)c1cc(Br)ccc1I. The molecule has 1 aromatic heterocycles. The Balaban J connectivity index is 1.96. The molecule has 0 aliphatic heterocycles. The molecule has 0 radical (unpaired) electrons. The fourth-order valence-electron chi connectivity index (χ4n) is 2.48. The van der Waals surface area contributed by atoms with Crippen molar-refractivity contribution in [1.29, 1.82) is 0 Å². The van der Waals surface area contributed by atoms with Gasteiger partial charge in [0.2, 0.25) is 0 Å². The predicted molar refractivity (Wildman–Crippen MR) is 99.2 cm³/mol. The van der Waals surface area contributed by atoms with Crippen LogP contribution < -0.4 is 5.73 Å². The van der Waals surface area contributed by atoms with E-state index < -0.39 is 0 Å². The Morgan fingerprint density at radius 3 is 2.81 bits per heavy atom. The fraction of sp³-hybridized carbons (Fsp3) is 0.118. The van der Waals surface area contributed by atoms with Crippen LogP contribution >= 0.6 is 38.5 Å². The van der Waals surface area contributed by atoms with Crippen LogP contribution in [0.5, 0.6) is 0 Å². The normalized spacial score (nSPS) is 12.5. The van der Waals surface area contributed by atoms with Crippen LogP contribution in [0.25, 0.3) is 10.9 Å². The van der Waals surface area contributed by atoms with Gasteiger partial charge >= 0.3 is 0 Å². The van der Waals surface area contributed by atoms with E-state index in [9.17, 15) is 0 Å². The van der Waals surface area contributed by atoms with Crippen molar-refractivity contribution in [3.63, 3.8) is 0 Å². The molecule has 0 saturated heterocycles. The number of benzene rings is 2. The third-order valence-corrected chi connectivity index (χ3v) is 5.01. The van der Waals surface area contributed by atoms with Gasteiger partial charge in [0.05, 0.1) is 5.52 Å². The van der Waals surface area contributed by atoms with Crippen LogP contribution in [0.4, 0.5) is 0 Å². The van der Waals surface area contributed by atoms with Gasteiger partial charge in [-0.05, 0) is 70.5 Å². The molecular weight excluding hydrogens is 439 g/mol. The van der Waals surface area contributed by atoms with Gasteiger partial charge in [0.15, 0.2) is 0 Å². The Labute approximate surface area is 146 Å². The molecule has 3 rings (SSSR count). The van der Waals surface area contributed by atoms with Crippen LogP contribution in [0.15, 0.2) is 59.2 Å². The van der Waals surface area contributed by atoms with Crippen molar-refractivity contribution in [3.05, 3.63) is 73.9 Å². The third-order valence-electron chi connectivity index (χ3n) is 3.54. The molecule has 2 nitrogen and oxygen atoms in total. The highest BCUT2D eigenvalue weighted by molar-refractivity contribution is 14.1. The molecule has 0 spiro atoms. The molecule has 0 fully saturated rings. The lowest BCUT2D eigenvalue weighted by Crippen LogP contribution is -2.15. The predicted octanol–water partition coefficient (Wildman–Crippen LogP) is 4.84. The van der Waals surface area contributed by atoms with Gasteiger partial charge in [0.1, 0.15) is 0 Å². The molecule has 0 aliphatic carbocycles. The molecule has 106 valence electrons. The summed E-state index contributed by atoms with van der Waals surface area (Å²) in [5.41, 5.74) is 9.87. The van der Waals surface area contributed by atoms with Gasteiger partial charge < -0.3 is 5.73 Å².